The summed E-state index contributed by atoms with van der Waals surface area (Å²) < 4.78 is 0. The molecule has 0 spiro atoms. The Morgan fingerprint density at radius 1 is 1.18 bits per heavy atom. The van der Waals surface area contributed by atoms with E-state index in [0.717, 1.165) is 42.6 Å². The highest BCUT2D eigenvalue weighted by molar-refractivity contribution is 5.99. The predicted octanol–water partition coefficient (Wildman–Crippen LogP) is 2.48. The van der Waals surface area contributed by atoms with Crippen LogP contribution in [0.3, 0.4) is 0 Å². The quantitative estimate of drug-likeness (QED) is 0.850. The number of benzene rings is 1. The molecule has 0 aliphatic carbocycles. The Hall–Kier alpha value is -1.68. The number of aryl methyl sites for hydroxylation is 2. The maximum absolute atomic E-state index is 12.3. The molecule has 1 aromatic rings. The van der Waals surface area contributed by atoms with Gasteiger partial charge in [-0.2, -0.15) is 0 Å². The molecule has 1 aromatic carbocycles. The fourth-order valence-electron chi connectivity index (χ4n) is 2.85. The van der Waals surface area contributed by atoms with Crippen LogP contribution >= 0.6 is 0 Å². The summed E-state index contributed by atoms with van der Waals surface area (Å²) >= 11 is 0. The first kappa shape index (κ1) is 16.7. The third-order valence-electron chi connectivity index (χ3n) is 4.36. The molecule has 0 radical (unpaired) electrons. The minimum absolute atomic E-state index is 0.00629. The van der Waals surface area contributed by atoms with E-state index in [2.05, 4.69) is 17.3 Å². The second-order valence-corrected chi connectivity index (χ2v) is 6.39. The minimum Gasteiger partial charge on any atom is -0.353 e. The van der Waals surface area contributed by atoms with Crippen LogP contribution < -0.4 is 5.32 Å². The molecule has 1 N–H and O–H groups in total. The molecule has 120 valence electrons. The SMILES string of the molecule is Cc1ccc(C)c(C(=O)CCC(=O)NC2CCN(C)CC2)c1. The van der Waals surface area contributed by atoms with Crippen LogP contribution in [0, 0.1) is 13.8 Å². The number of nitrogens with one attached hydrogen (secondary N) is 1. The van der Waals surface area contributed by atoms with E-state index >= 15 is 0 Å². The zero-order valence-corrected chi connectivity index (χ0v) is 13.8. The number of carbonyl (C=O) groups excluding carboxylic acids is 2. The number of amides is 1. The molecule has 1 aliphatic heterocycles. The molecule has 1 heterocycles. The lowest BCUT2D eigenvalue weighted by molar-refractivity contribution is -0.122. The van der Waals surface area contributed by atoms with Crippen molar-refractivity contribution in [1.29, 1.82) is 0 Å². The average Bonchev–Trinajstić information content (AvgIpc) is 2.49. The first-order valence-corrected chi connectivity index (χ1v) is 8.04. The molecule has 0 unspecified atom stereocenters. The number of carbonyl (C=O) groups is 2. The van der Waals surface area contributed by atoms with E-state index in [1.807, 2.05) is 32.0 Å². The van der Waals surface area contributed by atoms with Gasteiger partial charge in [0.25, 0.3) is 0 Å². The summed E-state index contributed by atoms with van der Waals surface area (Å²) in [6.45, 7) is 5.95. The van der Waals surface area contributed by atoms with Crippen molar-refractivity contribution in [3.8, 4) is 0 Å². The lowest BCUT2D eigenvalue weighted by Crippen LogP contribution is -2.43. The molecule has 4 nitrogen and oxygen atoms in total. The number of ketones is 1. The van der Waals surface area contributed by atoms with Crippen molar-refractivity contribution in [3.63, 3.8) is 0 Å². The maximum atomic E-state index is 12.3. The minimum atomic E-state index is -0.00629. The third-order valence-corrected chi connectivity index (χ3v) is 4.36. The van der Waals surface area contributed by atoms with Gasteiger partial charge < -0.3 is 10.2 Å². The number of rotatable bonds is 5. The Kier molecular flexibility index (Phi) is 5.72. The summed E-state index contributed by atoms with van der Waals surface area (Å²) in [6.07, 6.45) is 2.54. The number of Topliss-reactive ketones (excluding diaryl/α,β-unsaturated/α-hetero) is 1. The number of nitrogens with zero attached hydrogens (tertiary/aromatic N) is 1. The van der Waals surface area contributed by atoms with Gasteiger partial charge in [0.15, 0.2) is 5.78 Å². The van der Waals surface area contributed by atoms with Crippen LogP contribution in [0.5, 0.6) is 0 Å². The van der Waals surface area contributed by atoms with E-state index < -0.39 is 0 Å². The molecule has 0 bridgehead atoms. The van der Waals surface area contributed by atoms with Crippen molar-refractivity contribution in [2.75, 3.05) is 20.1 Å². The van der Waals surface area contributed by atoms with Gasteiger partial charge in [-0.1, -0.05) is 17.7 Å². The molecule has 22 heavy (non-hydrogen) atoms. The Labute approximate surface area is 132 Å². The van der Waals surface area contributed by atoms with Gasteiger partial charge in [0, 0.05) is 24.4 Å². The number of hydrogen-bond donors (Lipinski definition) is 1. The monoisotopic (exact) mass is 302 g/mol. The zero-order chi connectivity index (χ0) is 16.1. The van der Waals surface area contributed by atoms with E-state index in [1.165, 1.54) is 0 Å². The molecule has 1 amide bonds. The Morgan fingerprint density at radius 2 is 1.86 bits per heavy atom. The van der Waals surface area contributed by atoms with E-state index in [0.29, 0.717) is 0 Å². The van der Waals surface area contributed by atoms with E-state index in [4.69, 9.17) is 0 Å². The Balaban J connectivity index is 1.80. The second kappa shape index (κ2) is 7.54. The van der Waals surface area contributed by atoms with Crippen LogP contribution in [0.1, 0.15) is 47.2 Å². The molecular formula is C18H26N2O2. The first-order chi connectivity index (χ1) is 10.5. The predicted molar refractivity (Wildman–Crippen MR) is 88.1 cm³/mol. The molecular weight excluding hydrogens is 276 g/mol. The van der Waals surface area contributed by atoms with Crippen LogP contribution in [0.4, 0.5) is 0 Å². The standard InChI is InChI=1S/C18H26N2O2/c1-13-4-5-14(2)16(12-13)17(21)6-7-18(22)19-15-8-10-20(3)11-9-15/h4-5,12,15H,6-11H2,1-3H3,(H,19,22). The van der Waals surface area contributed by atoms with Gasteiger partial charge in [0.05, 0.1) is 0 Å². The van der Waals surface area contributed by atoms with Crippen LogP contribution in [-0.4, -0.2) is 42.8 Å². The lowest BCUT2D eigenvalue weighted by atomic mass is 9.99. The molecule has 1 saturated heterocycles. The van der Waals surface area contributed by atoms with Crippen molar-refractivity contribution in [1.82, 2.24) is 10.2 Å². The molecule has 4 heteroatoms. The van der Waals surface area contributed by atoms with Gasteiger partial charge >= 0.3 is 0 Å². The third kappa shape index (κ3) is 4.67. The van der Waals surface area contributed by atoms with Crippen molar-refractivity contribution in [3.05, 3.63) is 34.9 Å². The molecule has 1 aliphatic rings. The normalized spacial score (nSPS) is 16.5. The smallest absolute Gasteiger partial charge is 0.220 e. The fourth-order valence-corrected chi connectivity index (χ4v) is 2.85. The molecule has 0 atom stereocenters. The Bertz CT molecular complexity index is 546. The topological polar surface area (TPSA) is 49.4 Å². The van der Waals surface area contributed by atoms with Crippen LogP contribution in [0.25, 0.3) is 0 Å². The summed E-state index contributed by atoms with van der Waals surface area (Å²) in [7, 11) is 2.10. The fraction of sp³-hybridized carbons (Fsp3) is 0.556. The van der Waals surface area contributed by atoms with Crippen LogP contribution in [-0.2, 0) is 4.79 Å². The summed E-state index contributed by atoms with van der Waals surface area (Å²) in [4.78, 5) is 26.5. The summed E-state index contributed by atoms with van der Waals surface area (Å²) in [5.41, 5.74) is 2.79. The highest BCUT2D eigenvalue weighted by Gasteiger charge is 2.19. The van der Waals surface area contributed by atoms with E-state index in [1.54, 1.807) is 0 Å². The second-order valence-electron chi connectivity index (χ2n) is 6.39. The molecule has 2 rings (SSSR count). The Morgan fingerprint density at radius 3 is 2.55 bits per heavy atom. The van der Waals surface area contributed by atoms with Crippen molar-refractivity contribution in [2.24, 2.45) is 0 Å². The van der Waals surface area contributed by atoms with E-state index in [9.17, 15) is 9.59 Å². The number of piperidine rings is 1. The first-order valence-electron chi connectivity index (χ1n) is 8.04. The number of hydrogen-bond acceptors (Lipinski definition) is 3. The lowest BCUT2D eigenvalue weighted by Gasteiger charge is -2.29. The summed E-state index contributed by atoms with van der Waals surface area (Å²) in [6, 6.07) is 6.13. The average molecular weight is 302 g/mol. The van der Waals surface area contributed by atoms with Gasteiger partial charge in [0.1, 0.15) is 0 Å². The molecule has 0 saturated carbocycles. The van der Waals surface area contributed by atoms with Crippen molar-refractivity contribution < 1.29 is 9.59 Å². The summed E-state index contributed by atoms with van der Waals surface area (Å²) in [5, 5.41) is 3.05. The molecule has 1 fully saturated rings. The van der Waals surface area contributed by atoms with Gasteiger partial charge in [-0.25, -0.2) is 0 Å². The maximum Gasteiger partial charge on any atom is 0.220 e. The largest absolute Gasteiger partial charge is 0.353 e. The zero-order valence-electron chi connectivity index (χ0n) is 13.8. The molecule has 0 aromatic heterocycles. The van der Waals surface area contributed by atoms with Gasteiger partial charge in [-0.05, 0) is 58.5 Å². The van der Waals surface area contributed by atoms with E-state index in [-0.39, 0.29) is 30.6 Å². The summed E-state index contributed by atoms with van der Waals surface area (Å²) in [5.74, 6) is 0.0490. The van der Waals surface area contributed by atoms with Gasteiger partial charge in [-0.3, -0.25) is 9.59 Å². The number of likely N-dealkylation sites (tertiary alicyclic amines) is 1. The van der Waals surface area contributed by atoms with Gasteiger partial charge in [0.2, 0.25) is 5.91 Å². The van der Waals surface area contributed by atoms with Crippen LogP contribution in [0.2, 0.25) is 0 Å². The highest BCUT2D eigenvalue weighted by atomic mass is 16.2. The van der Waals surface area contributed by atoms with Crippen molar-refractivity contribution >= 4 is 11.7 Å². The van der Waals surface area contributed by atoms with Gasteiger partial charge in [-0.15, -0.1) is 0 Å². The highest BCUT2D eigenvalue weighted by Crippen LogP contribution is 2.14. The van der Waals surface area contributed by atoms with Crippen molar-refractivity contribution in [2.45, 2.75) is 45.6 Å². The van der Waals surface area contributed by atoms with Crippen LogP contribution in [0.15, 0.2) is 18.2 Å².